The molecule has 0 saturated heterocycles. The molecule has 0 saturated carbocycles. The maximum atomic E-state index is 4.53. The molecule has 0 bridgehead atoms. The van der Waals surface area contributed by atoms with E-state index in [1.54, 1.807) is 0 Å². The molecule has 1 aromatic heterocycles. The van der Waals surface area contributed by atoms with E-state index in [0.29, 0.717) is 0 Å². The molecule has 0 spiro atoms. The Bertz CT molecular complexity index is 369. The molecule has 0 atom stereocenters. The van der Waals surface area contributed by atoms with Crippen LogP contribution < -0.4 is 5.32 Å². The molecule has 0 aliphatic heterocycles. The largest absolute Gasteiger partial charge is 0.311 e. The molecule has 3 heteroatoms. The van der Waals surface area contributed by atoms with Crippen molar-refractivity contribution in [3.8, 4) is 0 Å². The highest BCUT2D eigenvalue weighted by Crippen LogP contribution is 2.19. The third-order valence-electron chi connectivity index (χ3n) is 2.78. The molecule has 1 N–H and O–H groups in total. The average molecular weight is 237 g/mol. The quantitative estimate of drug-likeness (QED) is 0.872. The third-order valence-corrected chi connectivity index (χ3v) is 2.78. The van der Waals surface area contributed by atoms with Gasteiger partial charge in [-0.2, -0.15) is 5.10 Å². The van der Waals surface area contributed by atoms with E-state index in [1.165, 1.54) is 5.69 Å². The molecule has 17 heavy (non-hydrogen) atoms. The van der Waals surface area contributed by atoms with Crippen LogP contribution in [-0.4, -0.2) is 21.9 Å². The second-order valence-corrected chi connectivity index (χ2v) is 6.85. The van der Waals surface area contributed by atoms with Crippen molar-refractivity contribution in [1.29, 1.82) is 0 Å². The number of hydrogen-bond acceptors (Lipinski definition) is 2. The fourth-order valence-corrected chi connectivity index (χ4v) is 1.80. The molecule has 3 nitrogen and oxygen atoms in total. The molecule has 0 aromatic carbocycles. The van der Waals surface area contributed by atoms with Gasteiger partial charge in [-0.15, -0.1) is 0 Å². The zero-order valence-electron chi connectivity index (χ0n) is 12.4. The van der Waals surface area contributed by atoms with E-state index in [4.69, 9.17) is 0 Å². The lowest BCUT2D eigenvalue weighted by atomic mass is 9.92. The number of nitrogens with zero attached hydrogens (tertiary/aromatic N) is 2. The minimum atomic E-state index is 0.173. The molecular weight excluding hydrogens is 210 g/mol. The Labute approximate surface area is 106 Å². The predicted molar refractivity (Wildman–Crippen MR) is 73.2 cm³/mol. The van der Waals surface area contributed by atoms with Gasteiger partial charge in [0, 0.05) is 24.3 Å². The first-order chi connectivity index (χ1) is 7.59. The lowest BCUT2D eigenvalue weighted by Crippen LogP contribution is -2.43. The Morgan fingerprint density at radius 2 is 1.76 bits per heavy atom. The van der Waals surface area contributed by atoms with Crippen LogP contribution in [-0.2, 0) is 6.54 Å². The first kappa shape index (κ1) is 14.2. The van der Waals surface area contributed by atoms with E-state index < -0.39 is 0 Å². The van der Waals surface area contributed by atoms with Crippen LogP contribution in [0, 0.1) is 19.3 Å². The van der Waals surface area contributed by atoms with Crippen molar-refractivity contribution in [2.45, 2.75) is 60.5 Å². The molecule has 0 unspecified atom stereocenters. The van der Waals surface area contributed by atoms with Crippen LogP contribution in [0.25, 0.3) is 0 Å². The van der Waals surface area contributed by atoms with Crippen molar-refractivity contribution >= 4 is 0 Å². The van der Waals surface area contributed by atoms with Crippen LogP contribution in [0.3, 0.4) is 0 Å². The molecule has 98 valence electrons. The van der Waals surface area contributed by atoms with Crippen molar-refractivity contribution in [2.75, 3.05) is 6.54 Å². The van der Waals surface area contributed by atoms with Gasteiger partial charge in [0.25, 0.3) is 0 Å². The first-order valence-electron chi connectivity index (χ1n) is 6.35. The van der Waals surface area contributed by atoms with Gasteiger partial charge in [0.2, 0.25) is 0 Å². The summed E-state index contributed by atoms with van der Waals surface area (Å²) in [6, 6.07) is 2.13. The monoisotopic (exact) mass is 237 g/mol. The highest BCUT2D eigenvalue weighted by atomic mass is 15.3. The maximum absolute atomic E-state index is 4.53. The average Bonchev–Trinajstić information content (AvgIpc) is 2.40. The maximum Gasteiger partial charge on any atom is 0.0596 e. The number of hydrogen-bond donors (Lipinski definition) is 1. The van der Waals surface area contributed by atoms with Crippen LogP contribution in [0.1, 0.15) is 46.0 Å². The van der Waals surface area contributed by atoms with E-state index in [-0.39, 0.29) is 11.0 Å². The number of rotatable bonds is 4. The molecule has 1 heterocycles. The van der Waals surface area contributed by atoms with E-state index in [2.05, 4.69) is 62.7 Å². The van der Waals surface area contributed by atoms with Gasteiger partial charge < -0.3 is 5.32 Å². The van der Waals surface area contributed by atoms with Gasteiger partial charge in [0.1, 0.15) is 0 Å². The van der Waals surface area contributed by atoms with E-state index in [9.17, 15) is 0 Å². The van der Waals surface area contributed by atoms with Crippen LogP contribution >= 0.6 is 0 Å². The second kappa shape index (κ2) is 4.81. The van der Waals surface area contributed by atoms with Crippen LogP contribution in [0.15, 0.2) is 6.07 Å². The molecule has 0 amide bonds. The van der Waals surface area contributed by atoms with E-state index in [1.807, 2.05) is 6.92 Å². The fraction of sp³-hybridized carbons (Fsp3) is 0.786. The van der Waals surface area contributed by atoms with Crippen molar-refractivity contribution in [1.82, 2.24) is 15.1 Å². The molecule has 1 rings (SSSR count). The van der Waals surface area contributed by atoms with Crippen molar-refractivity contribution in [3.05, 3.63) is 17.5 Å². The summed E-state index contributed by atoms with van der Waals surface area (Å²) in [6.07, 6.45) is 0. The van der Waals surface area contributed by atoms with Crippen molar-refractivity contribution in [2.24, 2.45) is 5.41 Å². The molecule has 0 aliphatic carbocycles. The Morgan fingerprint density at radius 1 is 1.18 bits per heavy atom. The molecular formula is C14H27N3. The topological polar surface area (TPSA) is 29.9 Å². The summed E-state index contributed by atoms with van der Waals surface area (Å²) in [5.74, 6) is 0. The summed E-state index contributed by atoms with van der Waals surface area (Å²) in [5.41, 5.74) is 2.72. The van der Waals surface area contributed by atoms with Crippen LogP contribution in [0.4, 0.5) is 0 Å². The summed E-state index contributed by atoms with van der Waals surface area (Å²) in [7, 11) is 0. The SMILES string of the molecule is Cc1cc(C)n(CC(C)(C)CNC(C)(C)C)n1. The third kappa shape index (κ3) is 4.90. The van der Waals surface area contributed by atoms with Gasteiger partial charge in [-0.05, 0) is 46.1 Å². The zero-order chi connectivity index (χ0) is 13.3. The number of aryl methyl sites for hydroxylation is 2. The summed E-state index contributed by atoms with van der Waals surface area (Å²) in [6.45, 7) is 17.3. The zero-order valence-corrected chi connectivity index (χ0v) is 12.4. The number of nitrogens with one attached hydrogen (secondary N) is 1. The normalized spacial score (nSPS) is 13.1. The van der Waals surface area contributed by atoms with E-state index in [0.717, 1.165) is 18.8 Å². The molecule has 0 radical (unpaired) electrons. The predicted octanol–water partition coefficient (Wildman–Crippen LogP) is 2.91. The summed E-state index contributed by atoms with van der Waals surface area (Å²) in [4.78, 5) is 0. The summed E-state index contributed by atoms with van der Waals surface area (Å²) in [5, 5.41) is 8.10. The van der Waals surface area contributed by atoms with Crippen LogP contribution in [0.2, 0.25) is 0 Å². The summed E-state index contributed by atoms with van der Waals surface area (Å²) >= 11 is 0. The Morgan fingerprint density at radius 3 is 2.18 bits per heavy atom. The summed E-state index contributed by atoms with van der Waals surface area (Å²) < 4.78 is 2.11. The van der Waals surface area contributed by atoms with Gasteiger partial charge in [0.15, 0.2) is 0 Å². The van der Waals surface area contributed by atoms with Crippen LogP contribution in [0.5, 0.6) is 0 Å². The molecule has 1 aromatic rings. The Hall–Kier alpha value is -0.830. The minimum Gasteiger partial charge on any atom is -0.311 e. The van der Waals surface area contributed by atoms with Gasteiger partial charge in [-0.3, -0.25) is 4.68 Å². The second-order valence-electron chi connectivity index (χ2n) is 6.85. The lowest BCUT2D eigenvalue weighted by molar-refractivity contribution is 0.244. The fourth-order valence-electron chi connectivity index (χ4n) is 1.80. The van der Waals surface area contributed by atoms with Crippen molar-refractivity contribution < 1.29 is 0 Å². The Kier molecular flexibility index (Phi) is 4.03. The Balaban J connectivity index is 2.63. The van der Waals surface area contributed by atoms with Gasteiger partial charge in [-0.25, -0.2) is 0 Å². The van der Waals surface area contributed by atoms with Gasteiger partial charge in [0.05, 0.1) is 5.69 Å². The standard InChI is InChI=1S/C14H27N3/c1-11-8-12(2)17(16-11)10-14(6,7)9-15-13(3,4)5/h8,15H,9-10H2,1-7H3. The highest BCUT2D eigenvalue weighted by Gasteiger charge is 2.22. The number of aromatic nitrogens is 2. The first-order valence-corrected chi connectivity index (χ1v) is 6.35. The molecule has 0 fully saturated rings. The lowest BCUT2D eigenvalue weighted by Gasteiger charge is -2.30. The minimum absolute atomic E-state index is 0.173. The van der Waals surface area contributed by atoms with Gasteiger partial charge in [-0.1, -0.05) is 13.8 Å². The molecule has 0 aliphatic rings. The van der Waals surface area contributed by atoms with Gasteiger partial charge >= 0.3 is 0 Å². The van der Waals surface area contributed by atoms with E-state index >= 15 is 0 Å². The highest BCUT2D eigenvalue weighted by molar-refractivity contribution is 5.06. The smallest absolute Gasteiger partial charge is 0.0596 e. The van der Waals surface area contributed by atoms with Crippen molar-refractivity contribution in [3.63, 3.8) is 0 Å².